The van der Waals surface area contributed by atoms with Gasteiger partial charge in [-0.1, -0.05) is 12.8 Å². The van der Waals surface area contributed by atoms with Crippen molar-refractivity contribution >= 4 is 32.8 Å². The van der Waals surface area contributed by atoms with Gasteiger partial charge in [-0.25, -0.2) is 8.42 Å². The third-order valence-electron chi connectivity index (χ3n) is 5.89. The SMILES string of the molecule is O=[N+]([O-])c1cc(S(=O)(=O)N2CCOCC2)ccc1Nc1ccc(N2CCCCCC2)cc1. The van der Waals surface area contributed by atoms with E-state index in [0.29, 0.717) is 18.9 Å². The highest BCUT2D eigenvalue weighted by Gasteiger charge is 2.29. The van der Waals surface area contributed by atoms with Crippen LogP contribution >= 0.6 is 0 Å². The number of nitro groups is 1. The van der Waals surface area contributed by atoms with Crippen LogP contribution in [0.25, 0.3) is 0 Å². The summed E-state index contributed by atoms with van der Waals surface area (Å²) in [7, 11) is -3.81. The summed E-state index contributed by atoms with van der Waals surface area (Å²) in [5.74, 6) is 0. The van der Waals surface area contributed by atoms with Gasteiger partial charge in [0.05, 0.1) is 23.0 Å². The number of nitrogens with one attached hydrogen (secondary N) is 1. The maximum atomic E-state index is 12.9. The zero-order valence-electron chi connectivity index (χ0n) is 17.9. The average molecular weight is 461 g/mol. The number of sulfonamides is 1. The van der Waals surface area contributed by atoms with E-state index in [0.717, 1.165) is 24.8 Å². The molecule has 2 fully saturated rings. The molecule has 0 bridgehead atoms. The molecule has 10 heteroatoms. The van der Waals surface area contributed by atoms with Crippen molar-refractivity contribution in [1.82, 2.24) is 4.31 Å². The van der Waals surface area contributed by atoms with Gasteiger partial charge in [0, 0.05) is 43.6 Å². The first kappa shape index (κ1) is 22.5. The van der Waals surface area contributed by atoms with Gasteiger partial charge in [-0.15, -0.1) is 0 Å². The number of anilines is 3. The zero-order chi connectivity index (χ0) is 22.6. The Kier molecular flexibility index (Phi) is 6.92. The van der Waals surface area contributed by atoms with Gasteiger partial charge in [0.2, 0.25) is 10.0 Å². The van der Waals surface area contributed by atoms with Crippen molar-refractivity contribution in [2.75, 3.05) is 49.6 Å². The summed E-state index contributed by atoms with van der Waals surface area (Å²) in [6.07, 6.45) is 4.89. The largest absolute Gasteiger partial charge is 0.379 e. The molecule has 2 aromatic carbocycles. The van der Waals surface area contributed by atoms with Crippen molar-refractivity contribution < 1.29 is 18.1 Å². The van der Waals surface area contributed by atoms with Gasteiger partial charge in [0.25, 0.3) is 5.69 Å². The van der Waals surface area contributed by atoms with Crippen LogP contribution in [0.3, 0.4) is 0 Å². The maximum absolute atomic E-state index is 12.9. The van der Waals surface area contributed by atoms with Crippen molar-refractivity contribution in [1.29, 1.82) is 0 Å². The molecule has 0 spiro atoms. The zero-order valence-corrected chi connectivity index (χ0v) is 18.7. The first-order chi connectivity index (χ1) is 15.4. The summed E-state index contributed by atoms with van der Waals surface area (Å²) in [4.78, 5) is 13.4. The lowest BCUT2D eigenvalue weighted by Gasteiger charge is -2.26. The molecule has 2 aromatic rings. The van der Waals surface area contributed by atoms with Crippen LogP contribution < -0.4 is 10.2 Å². The molecular weight excluding hydrogens is 432 g/mol. The van der Waals surface area contributed by atoms with Gasteiger partial charge in [-0.2, -0.15) is 4.31 Å². The van der Waals surface area contributed by atoms with Crippen molar-refractivity contribution in [3.63, 3.8) is 0 Å². The number of hydrogen-bond donors (Lipinski definition) is 1. The fraction of sp³-hybridized carbons (Fsp3) is 0.455. The monoisotopic (exact) mass is 460 g/mol. The third-order valence-corrected chi connectivity index (χ3v) is 7.79. The Hall–Kier alpha value is -2.69. The molecule has 0 amide bonds. The first-order valence-electron chi connectivity index (χ1n) is 10.9. The Morgan fingerprint density at radius 3 is 2.19 bits per heavy atom. The highest BCUT2D eigenvalue weighted by Crippen LogP contribution is 2.32. The number of ether oxygens (including phenoxy) is 1. The number of nitro benzene ring substituents is 1. The summed E-state index contributed by atoms with van der Waals surface area (Å²) in [6.45, 7) is 3.18. The average Bonchev–Trinajstić information content (AvgIpc) is 3.10. The second kappa shape index (κ2) is 9.85. The minimum absolute atomic E-state index is 0.0897. The normalized spacial score (nSPS) is 18.2. The van der Waals surface area contributed by atoms with Crippen molar-refractivity contribution in [3.8, 4) is 0 Å². The summed E-state index contributed by atoms with van der Waals surface area (Å²) >= 11 is 0. The summed E-state index contributed by atoms with van der Waals surface area (Å²) < 4.78 is 32.2. The van der Waals surface area contributed by atoms with E-state index in [1.165, 1.54) is 42.1 Å². The Bertz CT molecular complexity index is 1040. The van der Waals surface area contributed by atoms with Crippen molar-refractivity contribution in [3.05, 3.63) is 52.6 Å². The molecule has 0 radical (unpaired) electrons. The highest BCUT2D eigenvalue weighted by atomic mass is 32.2. The smallest absolute Gasteiger partial charge is 0.294 e. The van der Waals surface area contributed by atoms with Gasteiger partial charge < -0.3 is 15.0 Å². The lowest BCUT2D eigenvalue weighted by Crippen LogP contribution is -2.40. The predicted molar refractivity (Wildman–Crippen MR) is 123 cm³/mol. The van der Waals surface area contributed by atoms with Gasteiger partial charge in [0.1, 0.15) is 5.69 Å². The lowest BCUT2D eigenvalue weighted by molar-refractivity contribution is -0.384. The molecule has 0 saturated carbocycles. The van der Waals surface area contributed by atoms with Crippen LogP contribution in [0.2, 0.25) is 0 Å². The standard InChI is InChI=1S/C22H28N4O5S/c27-26(28)22-17-20(32(29,30)25-13-15-31-16-14-25)9-10-21(22)23-18-5-7-19(8-6-18)24-11-3-1-2-4-12-24/h5-10,17,23H,1-4,11-16H2. The van der Waals surface area contributed by atoms with Crippen LogP contribution in [0.5, 0.6) is 0 Å². The fourth-order valence-electron chi connectivity index (χ4n) is 4.10. The number of hydrogen-bond acceptors (Lipinski definition) is 7. The number of rotatable bonds is 6. The molecule has 1 N–H and O–H groups in total. The van der Waals surface area contributed by atoms with E-state index in [-0.39, 0.29) is 29.4 Å². The molecule has 172 valence electrons. The van der Waals surface area contributed by atoms with E-state index in [2.05, 4.69) is 10.2 Å². The van der Waals surface area contributed by atoms with Crippen LogP contribution in [-0.4, -0.2) is 57.0 Å². The number of benzene rings is 2. The van der Waals surface area contributed by atoms with E-state index in [1.54, 1.807) is 0 Å². The van der Waals surface area contributed by atoms with Crippen molar-refractivity contribution in [2.45, 2.75) is 30.6 Å². The maximum Gasteiger partial charge on any atom is 0.294 e. The Morgan fingerprint density at radius 2 is 1.56 bits per heavy atom. The molecule has 2 saturated heterocycles. The summed E-state index contributed by atoms with van der Waals surface area (Å²) in [5, 5.41) is 14.8. The minimum Gasteiger partial charge on any atom is -0.379 e. The van der Waals surface area contributed by atoms with Gasteiger partial charge >= 0.3 is 0 Å². The lowest BCUT2D eigenvalue weighted by atomic mass is 10.2. The second-order valence-corrected chi connectivity index (χ2v) is 9.96. The van der Waals surface area contributed by atoms with E-state index < -0.39 is 14.9 Å². The molecule has 2 heterocycles. The van der Waals surface area contributed by atoms with Crippen LogP contribution in [-0.2, 0) is 14.8 Å². The number of morpholine rings is 1. The van der Waals surface area contributed by atoms with Gasteiger partial charge in [-0.3, -0.25) is 10.1 Å². The van der Waals surface area contributed by atoms with Crippen LogP contribution in [0.4, 0.5) is 22.7 Å². The van der Waals surface area contributed by atoms with Crippen LogP contribution in [0, 0.1) is 10.1 Å². The molecule has 2 aliphatic heterocycles. The van der Waals surface area contributed by atoms with Crippen molar-refractivity contribution in [2.24, 2.45) is 0 Å². The number of nitrogens with zero attached hydrogens (tertiary/aromatic N) is 3. The molecule has 4 rings (SSSR count). The van der Waals surface area contributed by atoms with E-state index >= 15 is 0 Å². The minimum atomic E-state index is -3.81. The predicted octanol–water partition coefficient (Wildman–Crippen LogP) is 3.74. The van der Waals surface area contributed by atoms with E-state index in [4.69, 9.17) is 4.74 Å². The Labute approximate surface area is 188 Å². The highest BCUT2D eigenvalue weighted by molar-refractivity contribution is 7.89. The second-order valence-electron chi connectivity index (χ2n) is 8.03. The molecule has 32 heavy (non-hydrogen) atoms. The first-order valence-corrected chi connectivity index (χ1v) is 12.4. The molecule has 0 unspecified atom stereocenters. The molecule has 0 aromatic heterocycles. The molecule has 2 aliphatic rings. The Balaban J connectivity index is 1.54. The quantitative estimate of drug-likeness (QED) is 0.517. The molecular formula is C22H28N4O5S. The third kappa shape index (κ3) is 5.03. The van der Waals surface area contributed by atoms with E-state index in [9.17, 15) is 18.5 Å². The molecule has 0 aliphatic carbocycles. The van der Waals surface area contributed by atoms with Crippen LogP contribution in [0.15, 0.2) is 47.4 Å². The van der Waals surface area contributed by atoms with E-state index in [1.807, 2.05) is 24.3 Å². The van der Waals surface area contributed by atoms with Gasteiger partial charge in [-0.05, 0) is 49.2 Å². The summed E-state index contributed by atoms with van der Waals surface area (Å²) in [5.41, 5.74) is 1.81. The topological polar surface area (TPSA) is 105 Å². The molecule has 0 atom stereocenters. The Morgan fingerprint density at radius 1 is 0.906 bits per heavy atom. The molecule has 9 nitrogen and oxygen atoms in total. The van der Waals surface area contributed by atoms with Gasteiger partial charge in [0.15, 0.2) is 0 Å². The summed E-state index contributed by atoms with van der Waals surface area (Å²) in [6, 6.07) is 11.8. The fourth-order valence-corrected chi connectivity index (χ4v) is 5.53. The van der Waals surface area contributed by atoms with Crippen LogP contribution in [0.1, 0.15) is 25.7 Å².